The second-order valence-corrected chi connectivity index (χ2v) is 11.4. The van der Waals surface area contributed by atoms with Crippen molar-refractivity contribution in [1.82, 2.24) is 0 Å². The SMILES string of the molecule is CC(C)C1CCOc2ccc(Cc3ccccc3)cc21.CSc1ccc(Cc2ccccc2)cc1C(C)N. The zero-order valence-electron chi connectivity index (χ0n) is 23.2. The molecule has 1 aliphatic heterocycles. The number of hydrogen-bond acceptors (Lipinski definition) is 3. The van der Waals surface area contributed by atoms with Gasteiger partial charge in [0.1, 0.15) is 5.75 Å². The Labute approximate surface area is 233 Å². The van der Waals surface area contributed by atoms with Crippen LogP contribution in [0.25, 0.3) is 0 Å². The Hall–Kier alpha value is -3.01. The van der Waals surface area contributed by atoms with Crippen LogP contribution in [0.2, 0.25) is 0 Å². The number of thioether (sulfide) groups is 1. The molecule has 0 fully saturated rings. The van der Waals surface area contributed by atoms with Gasteiger partial charge in [-0.1, -0.05) is 98.8 Å². The second-order valence-electron chi connectivity index (χ2n) is 10.5. The molecule has 2 unspecified atom stereocenters. The molecule has 1 heterocycles. The minimum Gasteiger partial charge on any atom is -0.493 e. The highest BCUT2D eigenvalue weighted by Gasteiger charge is 2.24. The van der Waals surface area contributed by atoms with Crippen LogP contribution in [0.3, 0.4) is 0 Å². The first-order chi connectivity index (χ1) is 18.4. The van der Waals surface area contributed by atoms with Crippen LogP contribution in [-0.4, -0.2) is 12.9 Å². The van der Waals surface area contributed by atoms with Gasteiger partial charge in [-0.25, -0.2) is 0 Å². The van der Waals surface area contributed by atoms with Crippen molar-refractivity contribution in [3.63, 3.8) is 0 Å². The number of rotatable bonds is 7. The summed E-state index contributed by atoms with van der Waals surface area (Å²) in [5, 5.41) is 0. The van der Waals surface area contributed by atoms with Gasteiger partial charge in [0.15, 0.2) is 0 Å². The lowest BCUT2D eigenvalue weighted by atomic mass is 9.83. The van der Waals surface area contributed by atoms with Crippen molar-refractivity contribution in [2.45, 2.75) is 56.9 Å². The fourth-order valence-electron chi connectivity index (χ4n) is 5.19. The average molecular weight is 524 g/mol. The first kappa shape index (κ1) is 28.0. The molecule has 2 N–H and O–H groups in total. The summed E-state index contributed by atoms with van der Waals surface area (Å²) in [7, 11) is 0. The van der Waals surface area contributed by atoms with Gasteiger partial charge in [0, 0.05) is 10.9 Å². The molecular formula is C35H41NOS. The Morgan fingerprint density at radius 3 is 1.89 bits per heavy atom. The fraction of sp³-hybridized carbons (Fsp3) is 0.314. The highest BCUT2D eigenvalue weighted by molar-refractivity contribution is 7.98. The Morgan fingerprint density at radius 2 is 1.34 bits per heavy atom. The lowest BCUT2D eigenvalue weighted by Gasteiger charge is -2.29. The van der Waals surface area contributed by atoms with Gasteiger partial charge in [-0.15, -0.1) is 11.8 Å². The lowest BCUT2D eigenvalue weighted by molar-refractivity contribution is 0.247. The largest absolute Gasteiger partial charge is 0.493 e. The van der Waals surface area contributed by atoms with Crippen LogP contribution in [0.1, 0.15) is 72.5 Å². The molecule has 0 bridgehead atoms. The highest BCUT2D eigenvalue weighted by atomic mass is 32.2. The molecule has 0 saturated carbocycles. The van der Waals surface area contributed by atoms with Gasteiger partial charge < -0.3 is 10.5 Å². The van der Waals surface area contributed by atoms with E-state index in [4.69, 9.17) is 10.5 Å². The molecule has 4 aromatic rings. The van der Waals surface area contributed by atoms with E-state index in [0.29, 0.717) is 11.8 Å². The third-order valence-electron chi connectivity index (χ3n) is 7.25. The zero-order chi connectivity index (χ0) is 26.9. The van der Waals surface area contributed by atoms with Crippen molar-refractivity contribution < 1.29 is 4.74 Å². The summed E-state index contributed by atoms with van der Waals surface area (Å²) in [6.45, 7) is 7.52. The molecular weight excluding hydrogens is 482 g/mol. The molecule has 0 spiro atoms. The van der Waals surface area contributed by atoms with E-state index in [1.54, 1.807) is 11.8 Å². The van der Waals surface area contributed by atoms with Crippen LogP contribution in [0, 0.1) is 5.92 Å². The smallest absolute Gasteiger partial charge is 0.122 e. The third kappa shape index (κ3) is 7.52. The van der Waals surface area contributed by atoms with Gasteiger partial charge in [0.2, 0.25) is 0 Å². The van der Waals surface area contributed by atoms with Crippen LogP contribution >= 0.6 is 11.8 Å². The van der Waals surface area contributed by atoms with Gasteiger partial charge in [0.05, 0.1) is 6.61 Å². The van der Waals surface area contributed by atoms with Crippen molar-refractivity contribution in [2.24, 2.45) is 11.7 Å². The Kier molecular flexibility index (Phi) is 10.1. The first-order valence-electron chi connectivity index (χ1n) is 13.7. The van der Waals surface area contributed by atoms with E-state index >= 15 is 0 Å². The van der Waals surface area contributed by atoms with Crippen LogP contribution in [0.5, 0.6) is 5.75 Å². The van der Waals surface area contributed by atoms with E-state index in [1.165, 1.54) is 38.3 Å². The van der Waals surface area contributed by atoms with Gasteiger partial charge in [-0.05, 0) is 89.8 Å². The summed E-state index contributed by atoms with van der Waals surface area (Å²) in [6.07, 6.45) is 5.20. The van der Waals surface area contributed by atoms with Crippen LogP contribution in [0.4, 0.5) is 0 Å². The molecule has 0 saturated heterocycles. The summed E-state index contributed by atoms with van der Waals surface area (Å²) >= 11 is 1.76. The van der Waals surface area contributed by atoms with Gasteiger partial charge in [-0.2, -0.15) is 0 Å². The second kappa shape index (κ2) is 13.7. The molecule has 0 aliphatic carbocycles. The predicted molar refractivity (Wildman–Crippen MR) is 163 cm³/mol. The van der Waals surface area contributed by atoms with Gasteiger partial charge in [-0.3, -0.25) is 0 Å². The predicted octanol–water partition coefficient (Wildman–Crippen LogP) is 8.82. The molecule has 38 heavy (non-hydrogen) atoms. The quantitative estimate of drug-likeness (QED) is 0.246. The third-order valence-corrected chi connectivity index (χ3v) is 8.06. The van der Waals surface area contributed by atoms with Crippen molar-refractivity contribution in [1.29, 1.82) is 0 Å². The summed E-state index contributed by atoms with van der Waals surface area (Å²) < 4.78 is 5.81. The van der Waals surface area contributed by atoms with E-state index in [-0.39, 0.29) is 6.04 Å². The molecule has 0 radical (unpaired) electrons. The lowest BCUT2D eigenvalue weighted by Crippen LogP contribution is -2.18. The van der Waals surface area contributed by atoms with E-state index in [9.17, 15) is 0 Å². The van der Waals surface area contributed by atoms with Crippen molar-refractivity contribution >= 4 is 11.8 Å². The number of benzene rings is 4. The highest BCUT2D eigenvalue weighted by Crippen LogP contribution is 2.39. The maximum atomic E-state index is 6.04. The Balaban J connectivity index is 0.000000178. The standard InChI is InChI=1S/C19H22O.C16H19NS/c1-14(2)17-10-11-20-19-9-8-16(13-18(17)19)12-15-6-4-3-5-7-15;1-12(17)15-11-14(8-9-16(15)18-2)10-13-6-4-3-5-7-13/h3-9,13-14,17H,10-12H2,1-2H3;3-9,11-12H,10,17H2,1-2H3. The van der Waals surface area contributed by atoms with E-state index in [1.807, 2.05) is 13.0 Å². The maximum Gasteiger partial charge on any atom is 0.122 e. The monoisotopic (exact) mass is 523 g/mol. The molecule has 2 nitrogen and oxygen atoms in total. The number of fused-ring (bicyclic) bond motifs is 1. The van der Waals surface area contributed by atoms with Crippen molar-refractivity contribution in [3.8, 4) is 5.75 Å². The number of hydrogen-bond donors (Lipinski definition) is 1. The summed E-state index contributed by atoms with van der Waals surface area (Å²) in [4.78, 5) is 1.28. The van der Waals surface area contributed by atoms with Crippen molar-refractivity contribution in [2.75, 3.05) is 12.9 Å². The average Bonchev–Trinajstić information content (AvgIpc) is 2.94. The minimum absolute atomic E-state index is 0.0863. The van der Waals surface area contributed by atoms with E-state index in [0.717, 1.165) is 31.6 Å². The molecule has 2 atom stereocenters. The van der Waals surface area contributed by atoms with Gasteiger partial charge in [0.25, 0.3) is 0 Å². The number of nitrogens with two attached hydrogens (primary N) is 1. The molecule has 1 aliphatic rings. The normalized spacial score (nSPS) is 15.2. The van der Waals surface area contributed by atoms with Crippen molar-refractivity contribution in [3.05, 3.63) is 130 Å². The van der Waals surface area contributed by atoms with Crippen LogP contribution in [0.15, 0.2) is 102 Å². The van der Waals surface area contributed by atoms with Crippen LogP contribution < -0.4 is 10.5 Å². The Morgan fingerprint density at radius 1 is 0.763 bits per heavy atom. The molecule has 0 aromatic heterocycles. The summed E-state index contributed by atoms with van der Waals surface area (Å²) in [5.74, 6) is 2.39. The van der Waals surface area contributed by atoms with Crippen LogP contribution in [-0.2, 0) is 12.8 Å². The molecule has 5 rings (SSSR count). The minimum atomic E-state index is 0.0863. The van der Waals surface area contributed by atoms with E-state index < -0.39 is 0 Å². The molecule has 4 aromatic carbocycles. The maximum absolute atomic E-state index is 6.04. The van der Waals surface area contributed by atoms with Gasteiger partial charge >= 0.3 is 0 Å². The zero-order valence-corrected chi connectivity index (χ0v) is 24.0. The summed E-state index contributed by atoms with van der Waals surface area (Å²) in [5.41, 5.74) is 14.1. The molecule has 3 heteroatoms. The Bertz CT molecular complexity index is 1280. The topological polar surface area (TPSA) is 35.2 Å². The molecule has 0 amide bonds. The van der Waals surface area contributed by atoms with E-state index in [2.05, 4.69) is 111 Å². The molecule has 198 valence electrons. The summed E-state index contributed by atoms with van der Waals surface area (Å²) in [6, 6.07) is 34.6. The number of ether oxygens (including phenoxy) is 1. The fourth-order valence-corrected chi connectivity index (χ4v) is 5.87. The first-order valence-corrected chi connectivity index (χ1v) is 14.9.